The SMILES string of the molecule is Cc1nc(Nc2ccccc2)cc(N2Cc3ccccc3C[C@H]2C)n1. The average molecular weight is 330 g/mol. The van der Waals surface area contributed by atoms with Crippen molar-refractivity contribution >= 4 is 17.3 Å². The molecular weight excluding hydrogens is 308 g/mol. The van der Waals surface area contributed by atoms with E-state index in [-0.39, 0.29) is 0 Å². The molecule has 2 aromatic carbocycles. The van der Waals surface area contributed by atoms with E-state index in [4.69, 9.17) is 4.98 Å². The minimum absolute atomic E-state index is 0.411. The normalized spacial score (nSPS) is 16.4. The summed E-state index contributed by atoms with van der Waals surface area (Å²) in [5.41, 5.74) is 3.86. The lowest BCUT2D eigenvalue weighted by Crippen LogP contribution is -2.39. The van der Waals surface area contributed by atoms with Crippen molar-refractivity contribution in [3.05, 3.63) is 77.6 Å². The van der Waals surface area contributed by atoms with Gasteiger partial charge in [0.2, 0.25) is 0 Å². The smallest absolute Gasteiger partial charge is 0.136 e. The number of hydrogen-bond donors (Lipinski definition) is 1. The molecule has 0 amide bonds. The van der Waals surface area contributed by atoms with E-state index in [1.807, 2.05) is 43.3 Å². The van der Waals surface area contributed by atoms with E-state index in [9.17, 15) is 0 Å². The van der Waals surface area contributed by atoms with Gasteiger partial charge in [0, 0.05) is 24.3 Å². The first-order chi connectivity index (χ1) is 12.2. The summed E-state index contributed by atoms with van der Waals surface area (Å²) in [4.78, 5) is 11.6. The third kappa shape index (κ3) is 3.33. The zero-order chi connectivity index (χ0) is 17.2. The maximum atomic E-state index is 4.70. The first kappa shape index (κ1) is 15.6. The highest BCUT2D eigenvalue weighted by molar-refractivity contribution is 5.60. The van der Waals surface area contributed by atoms with Crippen LogP contribution in [0.15, 0.2) is 60.7 Å². The number of anilines is 3. The molecule has 1 aliphatic heterocycles. The van der Waals surface area contributed by atoms with E-state index >= 15 is 0 Å². The van der Waals surface area contributed by atoms with Crippen LogP contribution in [0, 0.1) is 6.92 Å². The summed E-state index contributed by atoms with van der Waals surface area (Å²) in [5.74, 6) is 2.59. The molecule has 4 heteroatoms. The molecule has 0 unspecified atom stereocenters. The van der Waals surface area contributed by atoms with Crippen molar-refractivity contribution in [2.75, 3.05) is 10.2 Å². The predicted molar refractivity (Wildman–Crippen MR) is 102 cm³/mol. The summed E-state index contributed by atoms with van der Waals surface area (Å²) >= 11 is 0. The zero-order valence-corrected chi connectivity index (χ0v) is 14.6. The van der Waals surface area contributed by atoms with Gasteiger partial charge >= 0.3 is 0 Å². The highest BCUT2D eigenvalue weighted by Gasteiger charge is 2.24. The maximum absolute atomic E-state index is 4.70. The Morgan fingerprint density at radius 1 is 0.960 bits per heavy atom. The molecule has 4 rings (SSSR count). The number of benzene rings is 2. The lowest BCUT2D eigenvalue weighted by atomic mass is 9.95. The first-order valence-electron chi connectivity index (χ1n) is 8.70. The Morgan fingerprint density at radius 3 is 2.48 bits per heavy atom. The molecule has 0 radical (unpaired) electrons. The van der Waals surface area contributed by atoms with Crippen molar-refractivity contribution in [3.8, 4) is 0 Å². The Balaban J connectivity index is 1.64. The molecule has 3 aromatic rings. The number of aromatic nitrogens is 2. The largest absolute Gasteiger partial charge is 0.349 e. The Hall–Kier alpha value is -2.88. The van der Waals surface area contributed by atoms with Gasteiger partial charge in [-0.25, -0.2) is 9.97 Å². The summed E-state index contributed by atoms with van der Waals surface area (Å²) < 4.78 is 0. The third-order valence-corrected chi connectivity index (χ3v) is 4.67. The molecule has 1 atom stereocenters. The number of aryl methyl sites for hydroxylation is 1. The average Bonchev–Trinajstić information content (AvgIpc) is 2.61. The first-order valence-corrected chi connectivity index (χ1v) is 8.70. The number of nitrogens with one attached hydrogen (secondary N) is 1. The Morgan fingerprint density at radius 2 is 1.68 bits per heavy atom. The van der Waals surface area contributed by atoms with Crippen molar-refractivity contribution in [1.82, 2.24) is 9.97 Å². The number of nitrogens with zero attached hydrogens (tertiary/aromatic N) is 3. The molecule has 4 nitrogen and oxygen atoms in total. The molecule has 1 aromatic heterocycles. The van der Waals surface area contributed by atoms with Gasteiger partial charge in [0.25, 0.3) is 0 Å². The van der Waals surface area contributed by atoms with Crippen molar-refractivity contribution < 1.29 is 0 Å². The van der Waals surface area contributed by atoms with Gasteiger partial charge < -0.3 is 10.2 Å². The van der Waals surface area contributed by atoms with Gasteiger partial charge in [-0.3, -0.25) is 0 Å². The molecule has 0 saturated heterocycles. The van der Waals surface area contributed by atoms with Gasteiger partial charge in [-0.05, 0) is 43.5 Å². The van der Waals surface area contributed by atoms with Gasteiger partial charge in [0.15, 0.2) is 0 Å². The van der Waals surface area contributed by atoms with Crippen molar-refractivity contribution in [2.45, 2.75) is 32.9 Å². The minimum Gasteiger partial charge on any atom is -0.349 e. The topological polar surface area (TPSA) is 41.1 Å². The van der Waals surface area contributed by atoms with Crippen LogP contribution in [-0.4, -0.2) is 16.0 Å². The Bertz CT molecular complexity index is 876. The molecule has 126 valence electrons. The fourth-order valence-corrected chi connectivity index (χ4v) is 3.42. The minimum atomic E-state index is 0.411. The van der Waals surface area contributed by atoms with Crippen LogP contribution in [0.3, 0.4) is 0 Å². The van der Waals surface area contributed by atoms with Gasteiger partial charge in [-0.1, -0.05) is 42.5 Å². The van der Waals surface area contributed by atoms with Crippen LogP contribution in [0.25, 0.3) is 0 Å². The molecule has 0 bridgehead atoms. The van der Waals surface area contributed by atoms with E-state index in [0.29, 0.717) is 6.04 Å². The van der Waals surface area contributed by atoms with Gasteiger partial charge in [-0.2, -0.15) is 0 Å². The van der Waals surface area contributed by atoms with Crippen LogP contribution < -0.4 is 10.2 Å². The molecule has 1 aliphatic rings. The predicted octanol–water partition coefficient (Wildman–Crippen LogP) is 4.48. The Kier molecular flexibility index (Phi) is 4.10. The fourth-order valence-electron chi connectivity index (χ4n) is 3.42. The fraction of sp³-hybridized carbons (Fsp3) is 0.238. The van der Waals surface area contributed by atoms with Crippen LogP contribution in [-0.2, 0) is 13.0 Å². The van der Waals surface area contributed by atoms with E-state index in [1.54, 1.807) is 0 Å². The van der Waals surface area contributed by atoms with Gasteiger partial charge in [0.1, 0.15) is 17.5 Å². The molecular formula is C21H22N4. The summed E-state index contributed by atoms with van der Waals surface area (Å²) in [7, 11) is 0. The number of hydrogen-bond acceptors (Lipinski definition) is 4. The second kappa shape index (κ2) is 6.55. The molecule has 1 N–H and O–H groups in total. The Labute approximate surface area is 148 Å². The monoisotopic (exact) mass is 330 g/mol. The van der Waals surface area contributed by atoms with Crippen LogP contribution in [0.2, 0.25) is 0 Å². The highest BCUT2D eigenvalue weighted by Crippen LogP contribution is 2.29. The lowest BCUT2D eigenvalue weighted by molar-refractivity contribution is 0.586. The number of rotatable bonds is 3. The second-order valence-electron chi connectivity index (χ2n) is 6.60. The van der Waals surface area contributed by atoms with Crippen LogP contribution in [0.4, 0.5) is 17.3 Å². The molecule has 2 heterocycles. The van der Waals surface area contributed by atoms with Gasteiger partial charge in [-0.15, -0.1) is 0 Å². The standard InChI is InChI=1S/C21H22N4/c1-15-12-17-8-6-7-9-18(17)14-25(15)21-13-20(22-16(2)23-21)24-19-10-4-3-5-11-19/h3-11,13,15H,12,14H2,1-2H3,(H,22,23,24)/t15-/m1/s1. The summed E-state index contributed by atoms with van der Waals surface area (Å²) in [6, 6.07) is 21.3. The van der Waals surface area contributed by atoms with E-state index in [0.717, 1.165) is 36.1 Å². The number of para-hydroxylation sites is 1. The quantitative estimate of drug-likeness (QED) is 0.769. The number of fused-ring (bicyclic) bond motifs is 1. The molecule has 0 saturated carbocycles. The van der Waals surface area contributed by atoms with Crippen LogP contribution in [0.1, 0.15) is 23.9 Å². The van der Waals surface area contributed by atoms with E-state index in [1.165, 1.54) is 11.1 Å². The molecule has 0 fully saturated rings. The summed E-state index contributed by atoms with van der Waals surface area (Å²) in [6.07, 6.45) is 1.04. The maximum Gasteiger partial charge on any atom is 0.136 e. The molecule has 0 aliphatic carbocycles. The second-order valence-corrected chi connectivity index (χ2v) is 6.60. The highest BCUT2D eigenvalue weighted by atomic mass is 15.2. The van der Waals surface area contributed by atoms with Crippen molar-refractivity contribution in [3.63, 3.8) is 0 Å². The van der Waals surface area contributed by atoms with Crippen LogP contribution >= 0.6 is 0 Å². The zero-order valence-electron chi connectivity index (χ0n) is 14.6. The van der Waals surface area contributed by atoms with Crippen LogP contribution in [0.5, 0.6) is 0 Å². The van der Waals surface area contributed by atoms with Crippen molar-refractivity contribution in [2.24, 2.45) is 0 Å². The molecule has 0 spiro atoms. The van der Waals surface area contributed by atoms with Gasteiger partial charge in [0.05, 0.1) is 0 Å². The lowest BCUT2D eigenvalue weighted by Gasteiger charge is -2.36. The third-order valence-electron chi connectivity index (χ3n) is 4.67. The summed E-state index contributed by atoms with van der Waals surface area (Å²) in [6.45, 7) is 5.10. The van der Waals surface area contributed by atoms with E-state index < -0.39 is 0 Å². The molecule has 25 heavy (non-hydrogen) atoms. The van der Waals surface area contributed by atoms with E-state index in [2.05, 4.69) is 46.4 Å². The van der Waals surface area contributed by atoms with Crippen molar-refractivity contribution in [1.29, 1.82) is 0 Å². The summed E-state index contributed by atoms with van der Waals surface area (Å²) in [5, 5.41) is 3.38.